The highest BCUT2D eigenvalue weighted by atomic mass is 32.1. The number of hydrogen-bond donors (Lipinski definition) is 1. The number of carbonyl (C=O) groups is 1. The first-order valence-corrected chi connectivity index (χ1v) is 10.5. The molecule has 5 nitrogen and oxygen atoms in total. The summed E-state index contributed by atoms with van der Waals surface area (Å²) in [5.74, 6) is 0.783. The molecule has 1 saturated heterocycles. The molecule has 3 rings (SSSR count). The van der Waals surface area contributed by atoms with Gasteiger partial charge in [0.15, 0.2) is 4.80 Å². The van der Waals surface area contributed by atoms with Crippen molar-refractivity contribution in [2.45, 2.75) is 84.4 Å². The van der Waals surface area contributed by atoms with E-state index < -0.39 is 0 Å². The minimum atomic E-state index is -0.195. The van der Waals surface area contributed by atoms with E-state index in [4.69, 9.17) is 4.74 Å². The van der Waals surface area contributed by atoms with Crippen molar-refractivity contribution in [3.05, 3.63) is 15.4 Å². The second-order valence-corrected chi connectivity index (χ2v) is 8.83. The SMILES string of the molecule is Cc1s/c(=N\C(=O)NC2CCC(C)CC2)n(CC2CCCCO2)c1C. The lowest BCUT2D eigenvalue weighted by atomic mass is 9.87. The zero-order valence-corrected chi connectivity index (χ0v) is 16.5. The van der Waals surface area contributed by atoms with Crippen LogP contribution in [0, 0.1) is 19.8 Å². The Morgan fingerprint density at radius 2 is 2.00 bits per heavy atom. The van der Waals surface area contributed by atoms with Crippen LogP contribution in [-0.4, -0.2) is 29.4 Å². The molecule has 0 radical (unpaired) electrons. The third-order valence-electron chi connectivity index (χ3n) is 5.59. The molecule has 0 aromatic carbocycles. The van der Waals surface area contributed by atoms with Crippen molar-refractivity contribution in [3.63, 3.8) is 0 Å². The number of urea groups is 1. The van der Waals surface area contributed by atoms with E-state index in [-0.39, 0.29) is 18.2 Å². The molecule has 2 fully saturated rings. The molecule has 1 aromatic heterocycles. The third-order valence-corrected chi connectivity index (χ3v) is 6.69. The maximum atomic E-state index is 12.4. The molecule has 0 bridgehead atoms. The molecule has 1 N–H and O–H groups in total. The van der Waals surface area contributed by atoms with Crippen molar-refractivity contribution < 1.29 is 9.53 Å². The second-order valence-electron chi connectivity index (χ2n) is 7.64. The summed E-state index contributed by atoms with van der Waals surface area (Å²) >= 11 is 1.60. The van der Waals surface area contributed by atoms with Gasteiger partial charge < -0.3 is 14.6 Å². The van der Waals surface area contributed by atoms with Crippen LogP contribution in [0.4, 0.5) is 4.79 Å². The van der Waals surface area contributed by atoms with Crippen molar-refractivity contribution in [1.82, 2.24) is 9.88 Å². The van der Waals surface area contributed by atoms with E-state index in [9.17, 15) is 4.79 Å². The van der Waals surface area contributed by atoms with E-state index in [2.05, 4.69) is 35.6 Å². The van der Waals surface area contributed by atoms with Crippen LogP contribution in [0.1, 0.15) is 62.4 Å². The molecule has 1 aromatic rings. The van der Waals surface area contributed by atoms with Crippen molar-refractivity contribution >= 4 is 17.4 Å². The highest BCUT2D eigenvalue weighted by molar-refractivity contribution is 7.09. The molecule has 1 aliphatic heterocycles. The molecular formula is C19H31N3O2S. The highest BCUT2D eigenvalue weighted by Crippen LogP contribution is 2.23. The number of amides is 2. The number of nitrogens with one attached hydrogen (secondary N) is 1. The molecular weight excluding hydrogens is 334 g/mol. The van der Waals surface area contributed by atoms with Gasteiger partial charge in [0, 0.05) is 23.2 Å². The molecule has 2 aliphatic rings. The maximum Gasteiger partial charge on any atom is 0.343 e. The lowest BCUT2D eigenvalue weighted by molar-refractivity contribution is 0.00525. The first kappa shape index (κ1) is 18.6. The van der Waals surface area contributed by atoms with E-state index in [1.165, 1.54) is 29.8 Å². The van der Waals surface area contributed by atoms with Crippen molar-refractivity contribution in [2.75, 3.05) is 6.61 Å². The fourth-order valence-corrected chi connectivity index (χ4v) is 4.73. The first-order chi connectivity index (χ1) is 12.0. The largest absolute Gasteiger partial charge is 0.376 e. The smallest absolute Gasteiger partial charge is 0.343 e. The van der Waals surface area contributed by atoms with Crippen LogP contribution < -0.4 is 10.1 Å². The van der Waals surface area contributed by atoms with Crippen molar-refractivity contribution in [1.29, 1.82) is 0 Å². The van der Waals surface area contributed by atoms with Crippen LogP contribution in [0.25, 0.3) is 0 Å². The number of aromatic nitrogens is 1. The number of hydrogen-bond acceptors (Lipinski definition) is 3. The van der Waals surface area contributed by atoms with Gasteiger partial charge in [-0.3, -0.25) is 0 Å². The van der Waals surface area contributed by atoms with Gasteiger partial charge in [0.2, 0.25) is 0 Å². The summed E-state index contributed by atoms with van der Waals surface area (Å²) in [6, 6.07) is 0.0869. The van der Waals surface area contributed by atoms with Crippen LogP contribution in [0.15, 0.2) is 4.99 Å². The first-order valence-electron chi connectivity index (χ1n) is 9.66. The Morgan fingerprint density at radius 3 is 2.68 bits per heavy atom. The topological polar surface area (TPSA) is 55.6 Å². The molecule has 2 amide bonds. The number of rotatable bonds is 3. The van der Waals surface area contributed by atoms with Gasteiger partial charge in [-0.15, -0.1) is 11.3 Å². The number of thiazole rings is 1. The normalized spacial score (nSPS) is 28.1. The lowest BCUT2D eigenvalue weighted by Gasteiger charge is -2.26. The quantitative estimate of drug-likeness (QED) is 0.882. The van der Waals surface area contributed by atoms with Crippen molar-refractivity contribution in [2.24, 2.45) is 10.9 Å². The average Bonchev–Trinajstić information content (AvgIpc) is 2.85. The molecule has 140 valence electrons. The highest BCUT2D eigenvalue weighted by Gasteiger charge is 2.20. The average molecular weight is 366 g/mol. The monoisotopic (exact) mass is 365 g/mol. The third kappa shape index (κ3) is 4.94. The van der Waals surface area contributed by atoms with Crippen LogP contribution in [0.2, 0.25) is 0 Å². The van der Waals surface area contributed by atoms with Gasteiger partial charge in [-0.25, -0.2) is 4.79 Å². The molecule has 6 heteroatoms. The number of nitrogens with zero attached hydrogens (tertiary/aromatic N) is 2. The van der Waals surface area contributed by atoms with Gasteiger partial charge in [0.05, 0.1) is 12.6 Å². The fraction of sp³-hybridized carbons (Fsp3) is 0.789. The lowest BCUT2D eigenvalue weighted by Crippen LogP contribution is -2.37. The Bertz CT molecular complexity index is 650. The summed E-state index contributed by atoms with van der Waals surface area (Å²) in [5.41, 5.74) is 1.19. The summed E-state index contributed by atoms with van der Waals surface area (Å²) in [6.45, 7) is 8.13. The van der Waals surface area contributed by atoms with Gasteiger partial charge in [-0.2, -0.15) is 4.99 Å². The Balaban J connectivity index is 1.70. The predicted molar refractivity (Wildman–Crippen MR) is 101 cm³/mol. The zero-order chi connectivity index (χ0) is 17.8. The van der Waals surface area contributed by atoms with E-state index in [0.717, 1.165) is 49.6 Å². The number of aryl methyl sites for hydroxylation is 1. The second kappa shape index (κ2) is 8.49. The Hall–Kier alpha value is -1.14. The number of ether oxygens (including phenoxy) is 1. The summed E-state index contributed by atoms with van der Waals surface area (Å²) in [4.78, 5) is 18.8. The standard InChI is InChI=1S/C19H31N3O2S/c1-13-7-9-16(10-8-13)20-18(23)21-19-22(14(2)15(3)25-19)12-17-6-4-5-11-24-17/h13,16-17H,4-12H2,1-3H3,(H,20,23)/b21-19-. The van der Waals surface area contributed by atoms with Crippen LogP contribution in [-0.2, 0) is 11.3 Å². The van der Waals surface area contributed by atoms with Gasteiger partial charge in [-0.05, 0) is 64.7 Å². The predicted octanol–water partition coefficient (Wildman–Crippen LogP) is 3.92. The zero-order valence-electron chi connectivity index (χ0n) is 15.7. The molecule has 1 unspecified atom stereocenters. The molecule has 1 atom stereocenters. The van der Waals surface area contributed by atoms with Gasteiger partial charge in [0.1, 0.15) is 0 Å². The summed E-state index contributed by atoms with van der Waals surface area (Å²) < 4.78 is 8.04. The molecule has 25 heavy (non-hydrogen) atoms. The minimum Gasteiger partial charge on any atom is -0.376 e. The summed E-state index contributed by atoms with van der Waals surface area (Å²) in [7, 11) is 0. The summed E-state index contributed by atoms with van der Waals surface area (Å²) in [6.07, 6.45) is 8.24. The van der Waals surface area contributed by atoms with Gasteiger partial charge in [0.25, 0.3) is 0 Å². The molecule has 1 saturated carbocycles. The molecule has 1 aliphatic carbocycles. The molecule has 2 heterocycles. The van der Waals surface area contributed by atoms with Crippen LogP contribution >= 0.6 is 11.3 Å². The van der Waals surface area contributed by atoms with E-state index in [1.54, 1.807) is 11.3 Å². The Kier molecular flexibility index (Phi) is 6.34. The minimum absolute atomic E-state index is 0.195. The maximum absolute atomic E-state index is 12.4. The number of carbonyl (C=O) groups excluding carboxylic acids is 1. The van der Waals surface area contributed by atoms with Gasteiger partial charge >= 0.3 is 6.03 Å². The van der Waals surface area contributed by atoms with E-state index in [1.807, 2.05) is 0 Å². The van der Waals surface area contributed by atoms with Crippen LogP contribution in [0.5, 0.6) is 0 Å². The van der Waals surface area contributed by atoms with E-state index in [0.29, 0.717) is 0 Å². The summed E-state index contributed by atoms with van der Waals surface area (Å²) in [5, 5.41) is 3.10. The van der Waals surface area contributed by atoms with Gasteiger partial charge in [-0.1, -0.05) is 6.92 Å². The Morgan fingerprint density at radius 1 is 1.24 bits per heavy atom. The van der Waals surface area contributed by atoms with Crippen molar-refractivity contribution in [3.8, 4) is 0 Å². The fourth-order valence-electron chi connectivity index (χ4n) is 3.75. The van der Waals surface area contributed by atoms with Crippen LogP contribution in [0.3, 0.4) is 0 Å². The molecule has 0 spiro atoms. The Labute approximate surface area is 154 Å². The van der Waals surface area contributed by atoms with E-state index >= 15 is 0 Å².